The number of nitrogens with one attached hydrogen (secondary N) is 6. The summed E-state index contributed by atoms with van der Waals surface area (Å²) in [6, 6.07) is 13.2. The number of amides is 11. The minimum Gasteiger partial charge on any atom is -0.480 e. The highest BCUT2D eigenvalue weighted by atomic mass is 16.6. The molecule has 3 aromatic carbocycles. The Morgan fingerprint density at radius 3 is 1.96 bits per heavy atom. The van der Waals surface area contributed by atoms with Gasteiger partial charge >= 0.3 is 18.1 Å². The van der Waals surface area contributed by atoms with Gasteiger partial charge in [-0.05, 0) is 97.7 Å². The number of ketones is 1. The Bertz CT molecular complexity index is 3370. The zero-order chi connectivity index (χ0) is 74.4. The molecule has 0 bridgehead atoms. The molecule has 10 N–H and O–H groups in total. The number of urea groups is 1. The van der Waals surface area contributed by atoms with Crippen molar-refractivity contribution >= 4 is 88.2 Å². The Balaban J connectivity index is 0.0000216. The number of likely N-dealkylation sites (tertiary alicyclic amines) is 1. The number of Topliss-reactive ketones (excluding diaryl/α,β-unsaturated/α-hetero) is 1. The lowest BCUT2D eigenvalue weighted by Crippen LogP contribution is -2.55. The summed E-state index contributed by atoms with van der Waals surface area (Å²) in [6.45, 7) is 17.6. The summed E-state index contributed by atoms with van der Waals surface area (Å²) in [4.78, 5) is 167. The second kappa shape index (κ2) is 39.6. The number of nitrogens with zero attached hydrogens (tertiary/aromatic N) is 4. The van der Waals surface area contributed by atoms with E-state index in [0.717, 1.165) is 17.1 Å². The Morgan fingerprint density at radius 1 is 0.752 bits per heavy atom. The molecular formula is C73H107N11O17. The van der Waals surface area contributed by atoms with Crippen LogP contribution >= 0.6 is 0 Å². The van der Waals surface area contributed by atoms with Crippen LogP contribution in [-0.2, 0) is 64.0 Å². The summed E-state index contributed by atoms with van der Waals surface area (Å²) in [7, 11) is 6.13. The predicted octanol–water partition coefficient (Wildman–Crippen LogP) is 6.56. The highest BCUT2D eigenvalue weighted by Gasteiger charge is 2.44. The number of rotatable bonds is 38. The molecule has 0 unspecified atom stereocenters. The monoisotopic (exact) mass is 1410 g/mol. The molecule has 0 saturated carbocycles. The molecule has 28 heteroatoms. The average molecular weight is 1410 g/mol. The van der Waals surface area contributed by atoms with E-state index < -0.39 is 132 Å². The molecule has 101 heavy (non-hydrogen) atoms. The molecule has 2 aliphatic rings. The minimum atomic E-state index is -1.27. The molecule has 12 atom stereocenters. The van der Waals surface area contributed by atoms with Gasteiger partial charge < -0.3 is 76.8 Å². The number of aliphatic hydroxyl groups excluding tert-OH is 1. The molecule has 1 fully saturated rings. The third-order valence-electron chi connectivity index (χ3n) is 18.6. The van der Waals surface area contributed by atoms with Gasteiger partial charge in [-0.2, -0.15) is 0 Å². The number of carboxylic acids is 1. The van der Waals surface area contributed by atoms with Crippen molar-refractivity contribution in [1.29, 1.82) is 0 Å². The number of ether oxygens (including phenoxy) is 3. The van der Waals surface area contributed by atoms with E-state index in [4.69, 9.17) is 19.9 Å². The van der Waals surface area contributed by atoms with Gasteiger partial charge in [0.2, 0.25) is 29.5 Å². The molecule has 0 radical (unpaired) electrons. The van der Waals surface area contributed by atoms with Crippen LogP contribution in [-0.4, -0.2) is 192 Å². The molecule has 0 aromatic heterocycles. The van der Waals surface area contributed by atoms with E-state index in [2.05, 4.69) is 31.9 Å². The second-order valence-electron chi connectivity index (χ2n) is 26.8. The molecule has 11 amide bonds. The maximum atomic E-state index is 14.9. The van der Waals surface area contributed by atoms with Gasteiger partial charge in [0.05, 0.1) is 66.2 Å². The third-order valence-corrected chi connectivity index (χ3v) is 18.6. The number of aliphatic hydroxyl groups is 1. The number of likely N-dealkylation sites (N-methyl/N-ethyl adjacent to an activating group) is 2. The molecule has 2 heterocycles. The van der Waals surface area contributed by atoms with Gasteiger partial charge in [0.25, 0.3) is 17.7 Å². The zero-order valence-corrected chi connectivity index (χ0v) is 59.9. The van der Waals surface area contributed by atoms with Crippen molar-refractivity contribution in [2.24, 2.45) is 41.2 Å². The molecular weight excluding hydrogens is 1300 g/mol. The van der Waals surface area contributed by atoms with Crippen LogP contribution in [0.1, 0.15) is 149 Å². The number of benzene rings is 3. The van der Waals surface area contributed by atoms with Crippen molar-refractivity contribution in [2.75, 3.05) is 63.5 Å². The fourth-order valence-electron chi connectivity index (χ4n) is 12.8. The van der Waals surface area contributed by atoms with Crippen molar-refractivity contribution in [3.63, 3.8) is 0 Å². The number of anilines is 3. The van der Waals surface area contributed by atoms with Crippen LogP contribution in [0.4, 0.5) is 26.7 Å². The van der Waals surface area contributed by atoms with E-state index in [1.54, 1.807) is 94.8 Å². The summed E-state index contributed by atoms with van der Waals surface area (Å²) in [5.74, 6) is -9.08. The van der Waals surface area contributed by atoms with Crippen LogP contribution in [0.2, 0.25) is 0 Å². The number of methoxy groups -OCH3 is 2. The summed E-state index contributed by atoms with van der Waals surface area (Å²) >= 11 is 0. The Morgan fingerprint density at radius 2 is 1.40 bits per heavy atom. The van der Waals surface area contributed by atoms with Crippen LogP contribution in [0.3, 0.4) is 0 Å². The lowest BCUT2D eigenvalue weighted by Gasteiger charge is -2.41. The van der Waals surface area contributed by atoms with Crippen LogP contribution in [0.15, 0.2) is 84.9 Å². The van der Waals surface area contributed by atoms with E-state index in [9.17, 15) is 67.7 Å². The first kappa shape index (κ1) is 84.1. The lowest BCUT2D eigenvalue weighted by atomic mass is 9.83. The van der Waals surface area contributed by atoms with Gasteiger partial charge in [-0.25, -0.2) is 14.5 Å². The second-order valence-corrected chi connectivity index (χ2v) is 26.8. The van der Waals surface area contributed by atoms with Crippen molar-refractivity contribution in [2.45, 2.75) is 183 Å². The van der Waals surface area contributed by atoms with Crippen LogP contribution in [0.5, 0.6) is 0 Å². The number of hydrogen-bond acceptors (Lipinski definition) is 17. The Labute approximate surface area is 592 Å². The average Bonchev–Trinajstić information content (AvgIpc) is 1.68. The van der Waals surface area contributed by atoms with E-state index in [0.29, 0.717) is 36.9 Å². The molecule has 3 aromatic rings. The molecule has 0 spiro atoms. The molecule has 2 aliphatic heterocycles. The molecule has 28 nitrogen and oxygen atoms in total. The summed E-state index contributed by atoms with van der Waals surface area (Å²) in [6.07, 6.45) is 0.650. The van der Waals surface area contributed by atoms with Gasteiger partial charge in [0.1, 0.15) is 25.2 Å². The number of carbonyl (C=O) groups excluding carboxylic acids is 11. The van der Waals surface area contributed by atoms with Crippen molar-refractivity contribution < 1.29 is 82.0 Å². The first-order chi connectivity index (χ1) is 47.3. The topological polar surface area (TPSA) is 384 Å². The van der Waals surface area contributed by atoms with Crippen LogP contribution < -0.4 is 42.5 Å². The van der Waals surface area contributed by atoms with Crippen molar-refractivity contribution in [3.8, 4) is 0 Å². The maximum absolute atomic E-state index is 14.9. The Hall–Kier alpha value is -9.28. The van der Waals surface area contributed by atoms with E-state index >= 15 is 0 Å². The van der Waals surface area contributed by atoms with Gasteiger partial charge in [0, 0.05) is 77.1 Å². The van der Waals surface area contributed by atoms with Crippen LogP contribution in [0, 0.1) is 35.5 Å². The standard InChI is InChI=1S/C72H103N11O17.CH4/c1-15-43(8)63(56(98-13)37-59(87)82-34-20-24-54(82)65(99-14)44(9)66(91)76-45(10)64(90)47-21-17-16-18-22-47)80(11)70(95)50(40(2)3)36-55(84)62(42(6)7)81(12)72(97)100-39-46-25-28-49(29-26-46)77-68(93)51(23-19-33-74-71(73)96)78-69(94)61(41(4)5)79-67(92)48-27-30-53(52(35-48)75-38-60(88)89)83-57(85)31-32-58(83)86;/h16-18,21-22,25-32,35,40-45,50-51,54,56,61-65,75,90H,15,19-20,23-24,33-34,36-39H2,1-14H3,(H,76,91)(H,77,93)(H,78,94)(H,79,92)(H,88,89)(H3,73,74,96);1H4/t43-,44+,45-,50-,51-,54-,56+,61-,62-,63+,64-,65-;/m0./s1. The number of primary amides is 1. The molecule has 1 saturated heterocycles. The van der Waals surface area contributed by atoms with Gasteiger partial charge in [-0.15, -0.1) is 0 Å². The SMILES string of the molecule is C.CC[C@H](C)[C@H]([C@@H](CC(=O)N1CCC[C@H]1[C@@H](OC)[C@@H](C)C(=O)N[C@@H](C)[C@H](O)c1ccccc1)OC)N(C)C(=O)[C@@H](CC(=O)[C@H](C(C)C)N(C)C(=O)OCc1ccc(NC(=O)[C@H](CCCNC(N)=O)NC(=O)[C@@H](NC(=O)c2ccc(N3C(=O)C=CC3=O)c(NCC(=O)O)c2)C(C)C)cc1)C(C)C. The van der Waals surface area contributed by atoms with Gasteiger partial charge in [-0.3, -0.25) is 47.9 Å². The van der Waals surface area contributed by atoms with E-state index in [-0.39, 0.29) is 104 Å². The number of carbonyl (C=O) groups is 12. The maximum Gasteiger partial charge on any atom is 0.410 e. The minimum absolute atomic E-state index is 0. The van der Waals surface area contributed by atoms with Crippen molar-refractivity contribution in [1.82, 2.24) is 36.0 Å². The summed E-state index contributed by atoms with van der Waals surface area (Å²) < 4.78 is 17.8. The summed E-state index contributed by atoms with van der Waals surface area (Å²) in [5, 5.41) is 36.4. The van der Waals surface area contributed by atoms with E-state index in [1.807, 2.05) is 45.9 Å². The quantitative estimate of drug-likeness (QED) is 0.0217. The Kier molecular flexibility index (Phi) is 33.0. The van der Waals surface area contributed by atoms with Crippen molar-refractivity contribution in [3.05, 3.63) is 102 Å². The highest BCUT2D eigenvalue weighted by molar-refractivity contribution is 6.29. The normalized spacial score (nSPS) is 16.8. The van der Waals surface area contributed by atoms with Crippen LogP contribution in [0.25, 0.3) is 0 Å². The van der Waals surface area contributed by atoms with E-state index in [1.165, 1.54) is 44.4 Å². The number of hydrogen-bond donors (Lipinski definition) is 9. The molecule has 5 rings (SSSR count). The smallest absolute Gasteiger partial charge is 0.410 e. The van der Waals surface area contributed by atoms with Gasteiger partial charge in [-0.1, -0.05) is 119 Å². The molecule has 556 valence electrons. The number of aliphatic carboxylic acids is 1. The first-order valence-electron chi connectivity index (χ1n) is 34.0. The largest absolute Gasteiger partial charge is 0.480 e. The fourth-order valence-corrected chi connectivity index (χ4v) is 12.8. The third kappa shape index (κ3) is 23.1. The first-order valence-corrected chi connectivity index (χ1v) is 34.0. The molecule has 0 aliphatic carbocycles. The number of nitrogens with two attached hydrogens (primary N) is 1. The summed E-state index contributed by atoms with van der Waals surface area (Å²) in [5.41, 5.74) is 6.61. The fraction of sp³-hybridized carbons (Fsp3) is 0.562. The number of carboxylic acid groups (broad SMARTS) is 1. The van der Waals surface area contributed by atoms with Gasteiger partial charge in [0.15, 0.2) is 5.78 Å². The number of imide groups is 1. The zero-order valence-electron chi connectivity index (χ0n) is 59.9. The highest BCUT2D eigenvalue weighted by Crippen LogP contribution is 2.33. The predicted molar refractivity (Wildman–Crippen MR) is 381 cm³/mol. The lowest BCUT2D eigenvalue weighted by molar-refractivity contribution is -0.149.